The van der Waals surface area contributed by atoms with Gasteiger partial charge in [-0.15, -0.1) is 11.8 Å². The topological polar surface area (TPSA) is 103 Å². The van der Waals surface area contributed by atoms with E-state index in [9.17, 15) is 9.59 Å². The monoisotopic (exact) mass is 413 g/mol. The molecule has 1 aromatic heterocycles. The molecule has 2 amide bonds. The number of amides is 2. The van der Waals surface area contributed by atoms with E-state index in [1.807, 2.05) is 0 Å². The Labute approximate surface area is 165 Å². The van der Waals surface area contributed by atoms with Crippen molar-refractivity contribution in [2.45, 2.75) is 19.1 Å². The first-order chi connectivity index (χ1) is 12.8. The number of nitrogens with zero attached hydrogens (tertiary/aromatic N) is 1. The molecule has 1 aromatic carbocycles. The number of hydrogen-bond acceptors (Lipinski definition) is 7. The molecule has 146 valence electrons. The van der Waals surface area contributed by atoms with E-state index in [0.717, 1.165) is 0 Å². The predicted molar refractivity (Wildman–Crippen MR) is 105 cm³/mol. The lowest BCUT2D eigenvalue weighted by molar-refractivity contribution is -0.115. The van der Waals surface area contributed by atoms with E-state index in [1.54, 1.807) is 32.0 Å². The zero-order valence-electron chi connectivity index (χ0n) is 15.3. The molecule has 0 bridgehead atoms. The highest BCUT2D eigenvalue weighted by molar-refractivity contribution is 8.01. The average Bonchev–Trinajstić information content (AvgIpc) is 3.04. The molecule has 0 radical (unpaired) electrons. The third kappa shape index (κ3) is 5.80. The maximum Gasteiger partial charge on any atom is 0.238 e. The lowest BCUT2D eigenvalue weighted by atomic mass is 10.2. The van der Waals surface area contributed by atoms with Gasteiger partial charge in [-0.05, 0) is 19.9 Å². The van der Waals surface area contributed by atoms with Gasteiger partial charge in [-0.2, -0.15) is 0 Å². The molecule has 0 aliphatic rings. The van der Waals surface area contributed by atoms with Crippen LogP contribution in [0.2, 0.25) is 5.02 Å². The zero-order chi connectivity index (χ0) is 20.0. The maximum absolute atomic E-state index is 12.2. The first-order valence-corrected chi connectivity index (χ1v) is 9.34. The predicted octanol–water partition coefficient (Wildman–Crippen LogP) is 3.35. The van der Waals surface area contributed by atoms with Crippen LogP contribution in [0.1, 0.15) is 12.7 Å². The van der Waals surface area contributed by atoms with Crippen molar-refractivity contribution in [3.05, 3.63) is 29.0 Å². The molecule has 0 spiro atoms. The Hall–Kier alpha value is -2.39. The summed E-state index contributed by atoms with van der Waals surface area (Å²) in [5, 5.41) is 8.92. The van der Waals surface area contributed by atoms with Gasteiger partial charge in [0.1, 0.15) is 17.3 Å². The van der Waals surface area contributed by atoms with Gasteiger partial charge >= 0.3 is 0 Å². The second-order valence-electron chi connectivity index (χ2n) is 5.50. The lowest BCUT2D eigenvalue weighted by Crippen LogP contribution is -2.25. The molecular formula is C17H20ClN3O5S. The average molecular weight is 414 g/mol. The van der Waals surface area contributed by atoms with E-state index >= 15 is 0 Å². The fraction of sp³-hybridized carbons (Fsp3) is 0.353. The number of methoxy groups -OCH3 is 2. The van der Waals surface area contributed by atoms with Crippen molar-refractivity contribution in [1.82, 2.24) is 5.16 Å². The van der Waals surface area contributed by atoms with Crippen LogP contribution in [0.4, 0.5) is 11.5 Å². The summed E-state index contributed by atoms with van der Waals surface area (Å²) in [5.74, 6) is 1.29. The van der Waals surface area contributed by atoms with Crippen molar-refractivity contribution in [2.75, 3.05) is 30.6 Å². The number of rotatable bonds is 8. The number of ether oxygens (including phenoxy) is 2. The van der Waals surface area contributed by atoms with Crippen molar-refractivity contribution in [3.63, 3.8) is 0 Å². The third-order valence-corrected chi connectivity index (χ3v) is 4.90. The quantitative estimate of drug-likeness (QED) is 0.683. The van der Waals surface area contributed by atoms with Gasteiger partial charge in [0.15, 0.2) is 5.82 Å². The molecule has 1 heterocycles. The van der Waals surface area contributed by atoms with Gasteiger partial charge in [-0.1, -0.05) is 16.8 Å². The Bertz CT molecular complexity index is 827. The summed E-state index contributed by atoms with van der Waals surface area (Å²) in [6, 6.07) is 4.74. The highest BCUT2D eigenvalue weighted by Gasteiger charge is 2.18. The summed E-state index contributed by atoms with van der Waals surface area (Å²) in [6.07, 6.45) is 0. The summed E-state index contributed by atoms with van der Waals surface area (Å²) in [4.78, 5) is 24.3. The van der Waals surface area contributed by atoms with E-state index in [1.165, 1.54) is 26.0 Å². The number of carbonyl (C=O) groups excluding carboxylic acids is 2. The standard InChI is InChI=1S/C17H20ClN3O5S/c1-9-5-15(21-26-9)20-17(23)10(2)27-8-16(22)19-12-6-11(18)13(24-3)7-14(12)25-4/h5-7,10H,8H2,1-4H3,(H,19,22)(H,20,21,23). The summed E-state index contributed by atoms with van der Waals surface area (Å²) in [7, 11) is 2.97. The number of hydrogen-bond donors (Lipinski definition) is 2. The van der Waals surface area contributed by atoms with Gasteiger partial charge in [-0.3, -0.25) is 9.59 Å². The van der Waals surface area contributed by atoms with Crippen LogP contribution in [-0.4, -0.2) is 42.2 Å². The minimum Gasteiger partial charge on any atom is -0.495 e. The van der Waals surface area contributed by atoms with E-state index < -0.39 is 5.25 Å². The normalized spacial score (nSPS) is 11.6. The van der Waals surface area contributed by atoms with Gasteiger partial charge in [0, 0.05) is 12.1 Å². The van der Waals surface area contributed by atoms with Crippen molar-refractivity contribution in [3.8, 4) is 11.5 Å². The van der Waals surface area contributed by atoms with E-state index in [-0.39, 0.29) is 17.6 Å². The number of anilines is 2. The van der Waals surface area contributed by atoms with Gasteiger partial charge in [-0.25, -0.2) is 0 Å². The van der Waals surface area contributed by atoms with Crippen LogP contribution in [-0.2, 0) is 9.59 Å². The van der Waals surface area contributed by atoms with E-state index in [4.69, 9.17) is 25.6 Å². The molecule has 0 saturated heterocycles. The van der Waals surface area contributed by atoms with Gasteiger partial charge in [0.2, 0.25) is 11.8 Å². The van der Waals surface area contributed by atoms with Crippen LogP contribution < -0.4 is 20.1 Å². The highest BCUT2D eigenvalue weighted by Crippen LogP contribution is 2.36. The van der Waals surface area contributed by atoms with Crippen LogP contribution in [0.5, 0.6) is 11.5 Å². The zero-order valence-corrected chi connectivity index (χ0v) is 16.9. The summed E-state index contributed by atoms with van der Waals surface area (Å²) in [6.45, 7) is 3.43. The number of carbonyl (C=O) groups is 2. The fourth-order valence-electron chi connectivity index (χ4n) is 2.07. The molecule has 0 aliphatic carbocycles. The first kappa shape index (κ1) is 20.9. The highest BCUT2D eigenvalue weighted by atomic mass is 35.5. The molecule has 2 rings (SSSR count). The van der Waals surface area contributed by atoms with Crippen molar-refractivity contribution in [2.24, 2.45) is 0 Å². The molecule has 0 fully saturated rings. The number of thioether (sulfide) groups is 1. The van der Waals surface area contributed by atoms with Crippen molar-refractivity contribution >= 4 is 46.7 Å². The molecule has 2 aromatic rings. The first-order valence-electron chi connectivity index (χ1n) is 7.91. The summed E-state index contributed by atoms with van der Waals surface area (Å²) in [5.41, 5.74) is 0.420. The summed E-state index contributed by atoms with van der Waals surface area (Å²) < 4.78 is 15.2. The van der Waals surface area contributed by atoms with E-state index in [0.29, 0.717) is 33.8 Å². The number of aromatic nitrogens is 1. The second-order valence-corrected chi connectivity index (χ2v) is 7.24. The Kier molecular flexibility index (Phi) is 7.37. The molecular weight excluding hydrogens is 394 g/mol. The van der Waals surface area contributed by atoms with Gasteiger partial charge in [0.05, 0.1) is 35.9 Å². The van der Waals surface area contributed by atoms with Gasteiger partial charge in [0.25, 0.3) is 0 Å². The fourth-order valence-corrected chi connectivity index (χ4v) is 3.00. The Balaban J connectivity index is 1.90. The van der Waals surface area contributed by atoms with Crippen LogP contribution in [0.3, 0.4) is 0 Å². The van der Waals surface area contributed by atoms with Crippen LogP contribution in [0.15, 0.2) is 22.7 Å². The molecule has 0 saturated carbocycles. The minimum atomic E-state index is -0.464. The maximum atomic E-state index is 12.2. The van der Waals surface area contributed by atoms with Crippen LogP contribution in [0.25, 0.3) is 0 Å². The number of nitrogens with one attached hydrogen (secondary N) is 2. The largest absolute Gasteiger partial charge is 0.495 e. The van der Waals surface area contributed by atoms with Crippen LogP contribution >= 0.6 is 23.4 Å². The molecule has 0 aliphatic heterocycles. The molecule has 10 heteroatoms. The molecule has 27 heavy (non-hydrogen) atoms. The molecule has 1 atom stereocenters. The van der Waals surface area contributed by atoms with Crippen molar-refractivity contribution < 1.29 is 23.6 Å². The SMILES string of the molecule is COc1cc(OC)c(NC(=O)CSC(C)C(=O)Nc2cc(C)on2)cc1Cl. The Morgan fingerprint density at radius 1 is 1.22 bits per heavy atom. The van der Waals surface area contributed by atoms with Crippen molar-refractivity contribution in [1.29, 1.82) is 0 Å². The lowest BCUT2D eigenvalue weighted by Gasteiger charge is -2.14. The smallest absolute Gasteiger partial charge is 0.238 e. The minimum absolute atomic E-state index is 0.0687. The Morgan fingerprint density at radius 3 is 2.52 bits per heavy atom. The molecule has 8 nitrogen and oxygen atoms in total. The Morgan fingerprint density at radius 2 is 1.93 bits per heavy atom. The third-order valence-electron chi connectivity index (χ3n) is 3.46. The number of halogens is 1. The van der Waals surface area contributed by atoms with E-state index in [2.05, 4.69) is 15.8 Å². The molecule has 1 unspecified atom stereocenters. The second kappa shape index (κ2) is 9.52. The number of benzene rings is 1. The van der Waals surface area contributed by atoms with Gasteiger partial charge < -0.3 is 24.6 Å². The van der Waals surface area contributed by atoms with Crippen LogP contribution in [0, 0.1) is 6.92 Å². The summed E-state index contributed by atoms with van der Waals surface area (Å²) >= 11 is 7.27. The molecule has 2 N–H and O–H groups in total. The number of aryl methyl sites for hydroxylation is 1.